The Bertz CT molecular complexity index is 1820. The number of nitrogens with zero attached hydrogens (tertiary/aromatic N) is 1. The first kappa shape index (κ1) is 34.2. The molecule has 0 amide bonds. The van der Waals surface area contributed by atoms with Crippen LogP contribution in [0.3, 0.4) is 0 Å². The number of methoxy groups -OCH3 is 1. The van der Waals surface area contributed by atoms with E-state index in [0.29, 0.717) is 24.2 Å². The molecule has 6 rings (SSSR count). The second-order valence-electron chi connectivity index (χ2n) is 13.9. The van der Waals surface area contributed by atoms with E-state index in [0.717, 1.165) is 0 Å². The number of aliphatic hydroxyl groups is 1. The minimum absolute atomic E-state index is 0.0457. The predicted molar refractivity (Wildman–Crippen MR) is 174 cm³/mol. The Morgan fingerprint density at radius 3 is 2.45 bits per heavy atom. The molecule has 1 N–H and O–H groups in total. The Hall–Kier alpha value is -4.71. The van der Waals surface area contributed by atoms with Gasteiger partial charge in [-0.25, -0.2) is 9.59 Å². The second kappa shape index (κ2) is 12.6. The van der Waals surface area contributed by atoms with E-state index in [9.17, 15) is 24.3 Å². The molecule has 0 unspecified atom stereocenters. The van der Waals surface area contributed by atoms with Gasteiger partial charge in [-0.1, -0.05) is 26.0 Å². The fraction of sp³-hybridized carbons (Fsp3) is 0.486. The third-order valence-corrected chi connectivity index (χ3v) is 11.0. The van der Waals surface area contributed by atoms with Crippen molar-refractivity contribution in [3.8, 4) is 22.8 Å². The summed E-state index contributed by atoms with van der Waals surface area (Å²) in [6.07, 6.45) is 1.11. The fourth-order valence-corrected chi connectivity index (χ4v) is 8.84. The van der Waals surface area contributed by atoms with Crippen LogP contribution in [0.15, 0.2) is 64.1 Å². The van der Waals surface area contributed by atoms with Crippen molar-refractivity contribution < 1.29 is 47.6 Å². The molecule has 3 aliphatic rings. The standard InChI is InChI=1S/C37H41NO11/c1-20(39)45-19-36(4)27-17-29(48-33(42)23-11-7-8-12-24(23)44-6)37(5)32(35(27,3)14-13-28(36)46-21(2)40)31(41)30-26(49-37)16-25(47-34(30)43)22-10-9-15-38-18-22/h7-12,15-16,18,27-29,31-32,41H,13-14,17,19H2,1-6H3/t27-,28+,29+,31+,32-,35+,36+,37-/m1/s1. The SMILES string of the molecule is COc1ccccc1C(=O)O[C@H]1C[C@H]2[C@](C)(COC(C)=O)[C@@H](OC(C)=O)CC[C@]2(C)[C@H]2[C@@H](O)c3c(cc(-c4cccnc4)oc3=O)O[C@]12C. The van der Waals surface area contributed by atoms with Gasteiger partial charge < -0.3 is 33.2 Å². The largest absolute Gasteiger partial charge is 0.496 e. The Kier molecular flexibility index (Phi) is 8.81. The van der Waals surface area contributed by atoms with Gasteiger partial charge in [0.2, 0.25) is 0 Å². The number of para-hydroxylation sites is 1. The molecule has 3 heterocycles. The summed E-state index contributed by atoms with van der Waals surface area (Å²) in [7, 11) is 1.45. The van der Waals surface area contributed by atoms with E-state index in [1.165, 1.54) is 21.0 Å². The van der Waals surface area contributed by atoms with Crippen molar-refractivity contribution in [2.75, 3.05) is 13.7 Å². The van der Waals surface area contributed by atoms with E-state index >= 15 is 0 Å². The van der Waals surface area contributed by atoms with Gasteiger partial charge in [-0.3, -0.25) is 14.6 Å². The van der Waals surface area contributed by atoms with Crippen molar-refractivity contribution in [1.29, 1.82) is 0 Å². The third-order valence-electron chi connectivity index (χ3n) is 11.0. The maximum atomic E-state index is 13.9. The van der Waals surface area contributed by atoms with E-state index in [2.05, 4.69) is 4.98 Å². The summed E-state index contributed by atoms with van der Waals surface area (Å²) >= 11 is 0. The zero-order valence-corrected chi connectivity index (χ0v) is 28.4. The smallest absolute Gasteiger partial charge is 0.345 e. The van der Waals surface area contributed by atoms with E-state index in [4.69, 9.17) is 28.1 Å². The van der Waals surface area contributed by atoms with Gasteiger partial charge in [0.15, 0.2) is 0 Å². The highest BCUT2D eigenvalue weighted by molar-refractivity contribution is 5.92. The minimum Gasteiger partial charge on any atom is -0.496 e. The number of carbonyl (C=O) groups is 3. The van der Waals surface area contributed by atoms with Gasteiger partial charge >= 0.3 is 23.5 Å². The summed E-state index contributed by atoms with van der Waals surface area (Å²) in [5.41, 5.74) is -3.24. The van der Waals surface area contributed by atoms with Gasteiger partial charge in [-0.2, -0.15) is 0 Å². The van der Waals surface area contributed by atoms with Crippen LogP contribution in [0, 0.1) is 22.7 Å². The quantitative estimate of drug-likeness (QED) is 0.262. The van der Waals surface area contributed by atoms with Crippen molar-refractivity contribution in [2.45, 2.75) is 77.8 Å². The normalized spacial score (nSPS) is 31.5. The second-order valence-corrected chi connectivity index (χ2v) is 13.9. The van der Waals surface area contributed by atoms with E-state index in [1.807, 2.05) is 13.8 Å². The number of hydrogen-bond donors (Lipinski definition) is 1. The Morgan fingerprint density at radius 1 is 1.02 bits per heavy atom. The molecule has 1 aliphatic heterocycles. The number of rotatable bonds is 7. The van der Waals surface area contributed by atoms with Crippen LogP contribution in [0.25, 0.3) is 11.3 Å². The zero-order valence-electron chi connectivity index (χ0n) is 28.4. The van der Waals surface area contributed by atoms with Crippen molar-refractivity contribution in [2.24, 2.45) is 22.7 Å². The fourth-order valence-electron chi connectivity index (χ4n) is 8.84. The van der Waals surface area contributed by atoms with Crippen molar-refractivity contribution in [3.05, 3.63) is 76.4 Å². The molecule has 2 fully saturated rings. The number of benzene rings is 1. The molecular formula is C37H41NO11. The lowest BCUT2D eigenvalue weighted by atomic mass is 9.42. The van der Waals surface area contributed by atoms with Crippen LogP contribution in [0.2, 0.25) is 0 Å². The first-order chi connectivity index (χ1) is 23.2. The summed E-state index contributed by atoms with van der Waals surface area (Å²) in [4.78, 5) is 56.2. The molecule has 0 radical (unpaired) electrons. The molecular weight excluding hydrogens is 634 g/mol. The van der Waals surface area contributed by atoms with Crippen LogP contribution in [-0.2, 0) is 23.8 Å². The highest BCUT2D eigenvalue weighted by Gasteiger charge is 2.71. The number of aliphatic hydroxyl groups excluding tert-OH is 1. The molecule has 0 bridgehead atoms. The number of hydrogen-bond acceptors (Lipinski definition) is 12. The maximum Gasteiger partial charge on any atom is 0.345 e. The molecule has 2 saturated carbocycles. The lowest BCUT2D eigenvalue weighted by Crippen LogP contribution is -2.71. The van der Waals surface area contributed by atoms with Gasteiger partial charge in [0, 0.05) is 49.2 Å². The lowest BCUT2D eigenvalue weighted by Gasteiger charge is -2.66. The molecule has 3 aromatic rings. The van der Waals surface area contributed by atoms with Crippen LogP contribution in [0.5, 0.6) is 11.5 Å². The molecule has 1 aromatic carbocycles. The van der Waals surface area contributed by atoms with Crippen LogP contribution < -0.4 is 15.1 Å². The van der Waals surface area contributed by atoms with E-state index in [1.54, 1.807) is 61.8 Å². The summed E-state index contributed by atoms with van der Waals surface area (Å²) < 4.78 is 35.7. The Labute approximate surface area is 283 Å². The molecule has 12 nitrogen and oxygen atoms in total. The number of esters is 3. The first-order valence-electron chi connectivity index (χ1n) is 16.3. The van der Waals surface area contributed by atoms with Crippen LogP contribution in [-0.4, -0.2) is 59.5 Å². The van der Waals surface area contributed by atoms with Gasteiger partial charge in [-0.05, 0) is 61.8 Å². The van der Waals surface area contributed by atoms with Crippen LogP contribution in [0.1, 0.15) is 75.9 Å². The lowest BCUT2D eigenvalue weighted by molar-refractivity contribution is -0.266. The molecule has 8 atom stereocenters. The molecule has 2 aliphatic carbocycles. The highest BCUT2D eigenvalue weighted by atomic mass is 16.6. The predicted octanol–water partition coefficient (Wildman–Crippen LogP) is 5.06. The van der Waals surface area contributed by atoms with Gasteiger partial charge in [0.1, 0.15) is 52.8 Å². The van der Waals surface area contributed by atoms with E-state index in [-0.39, 0.29) is 35.7 Å². The van der Waals surface area contributed by atoms with Gasteiger partial charge in [0.05, 0.1) is 13.2 Å². The van der Waals surface area contributed by atoms with Crippen molar-refractivity contribution >= 4 is 17.9 Å². The summed E-state index contributed by atoms with van der Waals surface area (Å²) in [6, 6.07) is 11.7. The van der Waals surface area contributed by atoms with Crippen LogP contribution in [0.4, 0.5) is 0 Å². The summed E-state index contributed by atoms with van der Waals surface area (Å²) in [5.74, 6) is -2.34. The number of aromatic nitrogens is 1. The molecule has 12 heteroatoms. The molecule has 260 valence electrons. The summed E-state index contributed by atoms with van der Waals surface area (Å²) in [5, 5.41) is 12.3. The Morgan fingerprint density at radius 2 is 1.78 bits per heavy atom. The average molecular weight is 676 g/mol. The molecule has 49 heavy (non-hydrogen) atoms. The minimum atomic E-state index is -1.41. The number of pyridine rings is 1. The molecule has 2 aromatic heterocycles. The van der Waals surface area contributed by atoms with E-state index < -0.39 is 70.1 Å². The first-order valence-corrected chi connectivity index (χ1v) is 16.3. The van der Waals surface area contributed by atoms with Gasteiger partial charge in [0.25, 0.3) is 0 Å². The third kappa shape index (κ3) is 5.75. The number of carbonyl (C=O) groups excluding carboxylic acids is 3. The number of ether oxygens (including phenoxy) is 5. The van der Waals surface area contributed by atoms with Crippen LogP contribution >= 0.6 is 0 Å². The number of fused-ring (bicyclic) bond motifs is 4. The average Bonchev–Trinajstić information content (AvgIpc) is 3.06. The molecule has 0 spiro atoms. The van der Waals surface area contributed by atoms with Crippen molar-refractivity contribution in [3.63, 3.8) is 0 Å². The van der Waals surface area contributed by atoms with Crippen molar-refractivity contribution in [1.82, 2.24) is 4.98 Å². The Balaban J connectivity index is 1.51. The zero-order chi connectivity index (χ0) is 35.3. The maximum absolute atomic E-state index is 13.9. The monoisotopic (exact) mass is 675 g/mol. The molecule has 0 saturated heterocycles. The topological polar surface area (TPSA) is 161 Å². The highest BCUT2D eigenvalue weighted by Crippen LogP contribution is 2.67. The summed E-state index contributed by atoms with van der Waals surface area (Å²) in [6.45, 7) is 8.19. The van der Waals surface area contributed by atoms with Gasteiger partial charge in [-0.15, -0.1) is 0 Å².